The minimum Gasteiger partial charge on any atom is -0.342 e. The molecule has 3 aromatic rings. The summed E-state index contributed by atoms with van der Waals surface area (Å²) in [6.07, 6.45) is 0. The molecule has 1 aromatic heterocycles. The van der Waals surface area contributed by atoms with Gasteiger partial charge in [-0.15, -0.1) is 10.2 Å². The fourth-order valence-corrected chi connectivity index (χ4v) is 4.36. The Kier molecular flexibility index (Phi) is 7.83. The molecule has 7 nitrogen and oxygen atoms in total. The van der Waals surface area contributed by atoms with Crippen LogP contribution in [0.5, 0.6) is 0 Å². The van der Waals surface area contributed by atoms with Crippen LogP contribution >= 0.6 is 46.6 Å². The average molecular weight is 499 g/mol. The number of amides is 2. The lowest BCUT2D eigenvalue weighted by atomic mass is 10.2. The Hall–Kier alpha value is -2.26. The van der Waals surface area contributed by atoms with Gasteiger partial charge in [0.2, 0.25) is 5.91 Å². The van der Waals surface area contributed by atoms with Gasteiger partial charge in [0.15, 0.2) is 11.0 Å². The van der Waals surface area contributed by atoms with Crippen LogP contribution < -0.4 is 10.6 Å². The van der Waals surface area contributed by atoms with E-state index in [9.17, 15) is 9.59 Å². The molecule has 31 heavy (non-hydrogen) atoms. The zero-order chi connectivity index (χ0) is 22.5. The maximum Gasteiger partial charge on any atom is 0.251 e. The first kappa shape index (κ1) is 23.4. The van der Waals surface area contributed by atoms with E-state index in [1.807, 2.05) is 13.0 Å². The molecular formula is C20H18Cl3N5O2S. The second-order valence-electron chi connectivity index (χ2n) is 6.54. The van der Waals surface area contributed by atoms with Crippen LogP contribution in [0, 0.1) is 0 Å². The molecule has 1 atom stereocenters. The number of aromatic nitrogens is 3. The molecule has 0 aliphatic heterocycles. The molecule has 0 spiro atoms. The average Bonchev–Trinajstić information content (AvgIpc) is 3.10. The van der Waals surface area contributed by atoms with Crippen molar-refractivity contribution in [2.75, 3.05) is 11.1 Å². The zero-order valence-corrected chi connectivity index (χ0v) is 19.6. The summed E-state index contributed by atoms with van der Waals surface area (Å²) in [6, 6.07) is 11.5. The number of halogens is 3. The highest BCUT2D eigenvalue weighted by Crippen LogP contribution is 2.33. The lowest BCUT2D eigenvalue weighted by Gasteiger charge is -2.13. The molecule has 11 heteroatoms. The summed E-state index contributed by atoms with van der Waals surface area (Å²) in [4.78, 5) is 24.7. The highest BCUT2D eigenvalue weighted by atomic mass is 35.5. The molecular weight excluding hydrogens is 481 g/mol. The minimum atomic E-state index is -0.375. The number of nitrogens with one attached hydrogen (secondary N) is 2. The predicted molar refractivity (Wildman–Crippen MR) is 124 cm³/mol. The van der Waals surface area contributed by atoms with Gasteiger partial charge in [0.05, 0.1) is 27.5 Å². The summed E-state index contributed by atoms with van der Waals surface area (Å²) in [6.45, 7) is 1.82. The molecule has 1 unspecified atom stereocenters. The van der Waals surface area contributed by atoms with E-state index in [-0.39, 0.29) is 33.7 Å². The van der Waals surface area contributed by atoms with Crippen molar-refractivity contribution in [2.24, 2.45) is 7.05 Å². The van der Waals surface area contributed by atoms with Crippen molar-refractivity contribution < 1.29 is 9.59 Å². The molecule has 0 fully saturated rings. The number of hydrogen-bond donors (Lipinski definition) is 2. The predicted octanol–water partition coefficient (Wildman–Crippen LogP) is 5.00. The molecule has 0 bridgehead atoms. The monoisotopic (exact) mass is 497 g/mol. The van der Waals surface area contributed by atoms with Crippen LogP contribution in [0.15, 0.2) is 47.6 Å². The van der Waals surface area contributed by atoms with E-state index in [0.29, 0.717) is 27.3 Å². The van der Waals surface area contributed by atoms with Crippen LogP contribution in [-0.4, -0.2) is 32.3 Å². The SMILES string of the molecule is CC(NC(=O)c1ccccc1)c1nnc(SCC(=O)Nc2c(Cl)cc(Cl)cc2Cl)n1C. The van der Waals surface area contributed by atoms with Crippen molar-refractivity contribution >= 4 is 64.1 Å². The standard InChI is InChI=1S/C20H18Cl3N5O2S/c1-11(24-19(30)12-6-4-3-5-7-12)18-26-27-20(28(18)2)31-10-16(29)25-17-14(22)8-13(21)9-15(17)23/h3-9,11H,10H2,1-2H3,(H,24,30)(H,25,29). The molecule has 2 N–H and O–H groups in total. The maximum absolute atomic E-state index is 12.4. The van der Waals surface area contributed by atoms with Crippen LogP contribution in [-0.2, 0) is 11.8 Å². The number of thioether (sulfide) groups is 1. The lowest BCUT2D eigenvalue weighted by molar-refractivity contribution is -0.113. The van der Waals surface area contributed by atoms with Crippen molar-refractivity contribution in [3.05, 3.63) is 68.9 Å². The fourth-order valence-electron chi connectivity index (χ4n) is 2.73. The molecule has 0 radical (unpaired) electrons. The van der Waals surface area contributed by atoms with E-state index in [4.69, 9.17) is 34.8 Å². The smallest absolute Gasteiger partial charge is 0.251 e. The number of hydrogen-bond acceptors (Lipinski definition) is 5. The third-order valence-electron chi connectivity index (χ3n) is 4.24. The third-order valence-corrected chi connectivity index (χ3v) is 6.08. The summed E-state index contributed by atoms with van der Waals surface area (Å²) in [7, 11) is 1.77. The highest BCUT2D eigenvalue weighted by molar-refractivity contribution is 7.99. The van der Waals surface area contributed by atoms with E-state index in [2.05, 4.69) is 20.8 Å². The lowest BCUT2D eigenvalue weighted by Crippen LogP contribution is -2.28. The minimum absolute atomic E-state index is 0.0615. The molecule has 0 saturated heterocycles. The molecule has 0 aliphatic rings. The second-order valence-corrected chi connectivity index (χ2v) is 8.74. The quantitative estimate of drug-likeness (QED) is 0.448. The first-order valence-corrected chi connectivity index (χ1v) is 11.2. The summed E-state index contributed by atoms with van der Waals surface area (Å²) < 4.78 is 1.73. The van der Waals surface area contributed by atoms with Crippen LogP contribution in [0.2, 0.25) is 15.1 Å². The van der Waals surface area contributed by atoms with Crippen LogP contribution in [0.1, 0.15) is 29.1 Å². The first-order chi connectivity index (χ1) is 14.8. The van der Waals surface area contributed by atoms with Crippen molar-refractivity contribution in [3.8, 4) is 0 Å². The van der Waals surface area contributed by atoms with Crippen molar-refractivity contribution in [2.45, 2.75) is 18.1 Å². The maximum atomic E-state index is 12.4. The Labute approximate surface area is 198 Å². The van der Waals surface area contributed by atoms with Crippen molar-refractivity contribution in [3.63, 3.8) is 0 Å². The second kappa shape index (κ2) is 10.4. The van der Waals surface area contributed by atoms with Gasteiger partial charge in [0.1, 0.15) is 0 Å². The Morgan fingerprint density at radius 3 is 2.39 bits per heavy atom. The van der Waals surface area contributed by atoms with Gasteiger partial charge < -0.3 is 15.2 Å². The van der Waals surface area contributed by atoms with Crippen LogP contribution in [0.25, 0.3) is 0 Å². The van der Waals surface area contributed by atoms with Gasteiger partial charge >= 0.3 is 0 Å². The molecule has 2 aromatic carbocycles. The van der Waals surface area contributed by atoms with E-state index in [0.717, 1.165) is 0 Å². The van der Waals surface area contributed by atoms with Gasteiger partial charge in [-0.05, 0) is 31.2 Å². The number of rotatable bonds is 7. The number of carbonyl (C=O) groups excluding carboxylic acids is 2. The Balaban J connectivity index is 1.60. The largest absolute Gasteiger partial charge is 0.342 e. The molecule has 0 aliphatic carbocycles. The number of benzene rings is 2. The topological polar surface area (TPSA) is 88.9 Å². The molecule has 1 heterocycles. The summed E-state index contributed by atoms with van der Waals surface area (Å²) >= 11 is 19.3. The summed E-state index contributed by atoms with van der Waals surface area (Å²) in [5, 5.41) is 15.2. The molecule has 3 rings (SSSR count). The normalized spacial score (nSPS) is 11.8. The molecule has 0 saturated carbocycles. The van der Waals surface area contributed by atoms with Crippen LogP contribution in [0.4, 0.5) is 5.69 Å². The van der Waals surface area contributed by atoms with Gasteiger partial charge in [0.25, 0.3) is 5.91 Å². The van der Waals surface area contributed by atoms with Gasteiger partial charge in [-0.1, -0.05) is 64.8 Å². The highest BCUT2D eigenvalue weighted by Gasteiger charge is 2.19. The summed E-state index contributed by atoms with van der Waals surface area (Å²) in [5.41, 5.74) is 0.858. The Morgan fingerprint density at radius 2 is 1.74 bits per heavy atom. The van der Waals surface area contributed by atoms with Crippen molar-refractivity contribution in [1.82, 2.24) is 20.1 Å². The van der Waals surface area contributed by atoms with E-state index < -0.39 is 0 Å². The van der Waals surface area contributed by atoms with E-state index in [1.165, 1.54) is 23.9 Å². The van der Waals surface area contributed by atoms with Crippen LogP contribution in [0.3, 0.4) is 0 Å². The molecule has 162 valence electrons. The summed E-state index contributed by atoms with van der Waals surface area (Å²) in [5.74, 6) is 0.106. The number of anilines is 1. The van der Waals surface area contributed by atoms with E-state index in [1.54, 1.807) is 35.9 Å². The zero-order valence-electron chi connectivity index (χ0n) is 16.5. The van der Waals surface area contributed by atoms with Gasteiger partial charge in [-0.3, -0.25) is 9.59 Å². The van der Waals surface area contributed by atoms with Gasteiger partial charge in [-0.2, -0.15) is 0 Å². The fraction of sp³-hybridized carbons (Fsp3) is 0.200. The van der Waals surface area contributed by atoms with Gasteiger partial charge in [-0.25, -0.2) is 0 Å². The first-order valence-electron chi connectivity index (χ1n) is 9.08. The Morgan fingerprint density at radius 1 is 1.10 bits per heavy atom. The molecule has 2 amide bonds. The Bertz CT molecular complexity index is 1080. The third kappa shape index (κ3) is 5.92. The number of carbonyl (C=O) groups is 2. The number of nitrogens with zero attached hydrogens (tertiary/aromatic N) is 3. The van der Waals surface area contributed by atoms with Gasteiger partial charge in [0, 0.05) is 17.6 Å². The van der Waals surface area contributed by atoms with E-state index >= 15 is 0 Å². The van der Waals surface area contributed by atoms with Crippen molar-refractivity contribution in [1.29, 1.82) is 0 Å².